The van der Waals surface area contributed by atoms with Crippen molar-refractivity contribution in [3.05, 3.63) is 120 Å². The van der Waals surface area contributed by atoms with Crippen LogP contribution in [0.15, 0.2) is 103 Å². The first-order valence-electron chi connectivity index (χ1n) is 9.31. The van der Waals surface area contributed by atoms with E-state index in [9.17, 15) is 4.79 Å². The quantitative estimate of drug-likeness (QED) is 0.482. The molecule has 1 aromatic heterocycles. The predicted octanol–water partition coefficient (Wildman–Crippen LogP) is 5.50. The van der Waals surface area contributed by atoms with Gasteiger partial charge in [0, 0.05) is 23.6 Å². The minimum atomic E-state index is -0.127. The number of nitrogens with zero attached hydrogens (tertiary/aromatic N) is 2. The lowest BCUT2D eigenvalue weighted by Crippen LogP contribution is -2.28. The van der Waals surface area contributed by atoms with Crippen LogP contribution in [0.2, 0.25) is 0 Å². The standard InChI is InChI=1S/C25H18N2O/c28-25-23-9-5-4-8-22(23)24(27(25)21-6-2-1-3-7-21)20-12-10-18(11-13-20)19-14-16-26-17-15-19/h1-17,24H. The molecule has 3 aromatic carbocycles. The molecule has 1 aliphatic heterocycles. The van der Waals surface area contributed by atoms with Gasteiger partial charge in [0.25, 0.3) is 5.91 Å². The first kappa shape index (κ1) is 16.5. The minimum absolute atomic E-state index is 0.0463. The average Bonchev–Trinajstić information content (AvgIpc) is 3.08. The molecule has 0 aliphatic carbocycles. The number of rotatable bonds is 3. The van der Waals surface area contributed by atoms with Crippen LogP contribution in [0.4, 0.5) is 5.69 Å². The molecule has 1 atom stereocenters. The van der Waals surface area contributed by atoms with Gasteiger partial charge in [0.15, 0.2) is 0 Å². The third kappa shape index (κ3) is 2.69. The topological polar surface area (TPSA) is 33.2 Å². The van der Waals surface area contributed by atoms with Gasteiger partial charge < -0.3 is 0 Å². The molecule has 0 fully saturated rings. The van der Waals surface area contributed by atoms with E-state index in [2.05, 4.69) is 35.3 Å². The highest BCUT2D eigenvalue weighted by atomic mass is 16.2. The molecule has 134 valence electrons. The number of aromatic nitrogens is 1. The van der Waals surface area contributed by atoms with Gasteiger partial charge in [-0.25, -0.2) is 0 Å². The van der Waals surface area contributed by atoms with Crippen molar-refractivity contribution in [2.45, 2.75) is 6.04 Å². The second-order valence-electron chi connectivity index (χ2n) is 6.86. The van der Waals surface area contributed by atoms with Gasteiger partial charge in [-0.15, -0.1) is 0 Å². The number of carbonyl (C=O) groups is 1. The van der Waals surface area contributed by atoms with Crippen LogP contribution in [0.3, 0.4) is 0 Å². The SMILES string of the molecule is O=C1c2ccccc2C(c2ccc(-c3ccncc3)cc2)N1c1ccccc1. The molecule has 0 N–H and O–H groups in total. The Balaban J connectivity index is 1.61. The maximum Gasteiger partial charge on any atom is 0.259 e. The number of benzene rings is 3. The summed E-state index contributed by atoms with van der Waals surface area (Å²) in [6.07, 6.45) is 3.60. The number of pyridine rings is 1. The normalized spacial score (nSPS) is 15.5. The fourth-order valence-corrected chi connectivity index (χ4v) is 3.90. The maximum atomic E-state index is 13.2. The predicted molar refractivity (Wildman–Crippen MR) is 111 cm³/mol. The maximum absolute atomic E-state index is 13.2. The molecule has 2 heterocycles. The van der Waals surface area contributed by atoms with E-state index in [0.717, 1.165) is 33.5 Å². The van der Waals surface area contributed by atoms with Gasteiger partial charge in [0.05, 0.1) is 6.04 Å². The summed E-state index contributed by atoms with van der Waals surface area (Å²) in [5, 5.41) is 0. The van der Waals surface area contributed by atoms with Crippen LogP contribution in [-0.4, -0.2) is 10.9 Å². The van der Waals surface area contributed by atoms with Crippen LogP contribution >= 0.6 is 0 Å². The molecule has 1 amide bonds. The van der Waals surface area contributed by atoms with Crippen molar-refractivity contribution in [3.8, 4) is 11.1 Å². The molecule has 1 aliphatic rings. The van der Waals surface area contributed by atoms with E-state index in [0.29, 0.717) is 0 Å². The van der Waals surface area contributed by atoms with Crippen LogP contribution in [-0.2, 0) is 0 Å². The Morgan fingerprint density at radius 3 is 2.07 bits per heavy atom. The largest absolute Gasteiger partial charge is 0.297 e. The van der Waals surface area contributed by atoms with E-state index >= 15 is 0 Å². The van der Waals surface area contributed by atoms with Crippen molar-refractivity contribution in [1.29, 1.82) is 0 Å². The van der Waals surface area contributed by atoms with Crippen LogP contribution in [0, 0.1) is 0 Å². The lowest BCUT2D eigenvalue weighted by molar-refractivity contribution is 0.0993. The monoisotopic (exact) mass is 362 g/mol. The van der Waals surface area contributed by atoms with Crippen LogP contribution in [0.1, 0.15) is 27.5 Å². The first-order chi connectivity index (χ1) is 13.8. The summed E-state index contributed by atoms with van der Waals surface area (Å²) in [6.45, 7) is 0. The fraction of sp³-hybridized carbons (Fsp3) is 0.0400. The fourth-order valence-electron chi connectivity index (χ4n) is 3.90. The van der Waals surface area contributed by atoms with Gasteiger partial charge in [-0.1, -0.05) is 60.7 Å². The van der Waals surface area contributed by atoms with Crippen LogP contribution in [0.25, 0.3) is 11.1 Å². The Bertz CT molecular complexity index is 1120. The number of carbonyl (C=O) groups excluding carboxylic acids is 1. The Hall–Kier alpha value is -3.72. The van der Waals surface area contributed by atoms with Gasteiger partial charge in [-0.05, 0) is 52.6 Å². The van der Waals surface area contributed by atoms with Crippen molar-refractivity contribution in [3.63, 3.8) is 0 Å². The Morgan fingerprint density at radius 1 is 0.679 bits per heavy atom. The molecule has 0 spiro atoms. The number of fused-ring (bicyclic) bond motifs is 1. The van der Waals surface area contributed by atoms with Gasteiger partial charge >= 0.3 is 0 Å². The minimum Gasteiger partial charge on any atom is -0.297 e. The molecule has 1 unspecified atom stereocenters. The smallest absolute Gasteiger partial charge is 0.259 e. The molecule has 28 heavy (non-hydrogen) atoms. The van der Waals surface area contributed by atoms with Gasteiger partial charge in [-0.3, -0.25) is 14.7 Å². The number of amides is 1. The lowest BCUT2D eigenvalue weighted by Gasteiger charge is -2.26. The number of anilines is 1. The zero-order valence-electron chi connectivity index (χ0n) is 15.2. The van der Waals surface area contributed by atoms with Crippen LogP contribution < -0.4 is 4.90 Å². The number of hydrogen-bond acceptors (Lipinski definition) is 2. The van der Waals surface area contributed by atoms with Gasteiger partial charge in [0.2, 0.25) is 0 Å². The van der Waals surface area contributed by atoms with Crippen molar-refractivity contribution in [2.75, 3.05) is 4.90 Å². The molecule has 0 bridgehead atoms. The van der Waals surface area contributed by atoms with Crippen LogP contribution in [0.5, 0.6) is 0 Å². The molecule has 0 saturated heterocycles. The second kappa shape index (κ2) is 6.78. The van der Waals surface area contributed by atoms with E-state index in [4.69, 9.17) is 0 Å². The Morgan fingerprint density at radius 2 is 1.32 bits per heavy atom. The summed E-state index contributed by atoms with van der Waals surface area (Å²) in [6, 6.07) is 30.1. The summed E-state index contributed by atoms with van der Waals surface area (Å²) in [4.78, 5) is 19.2. The molecule has 0 radical (unpaired) electrons. The molecule has 5 rings (SSSR count). The number of para-hydroxylation sites is 1. The lowest BCUT2D eigenvalue weighted by atomic mass is 9.96. The third-order valence-corrected chi connectivity index (χ3v) is 5.24. The van der Waals surface area contributed by atoms with Crippen molar-refractivity contribution in [1.82, 2.24) is 4.98 Å². The van der Waals surface area contributed by atoms with Crippen molar-refractivity contribution < 1.29 is 4.79 Å². The van der Waals surface area contributed by atoms with Gasteiger partial charge in [-0.2, -0.15) is 0 Å². The summed E-state index contributed by atoms with van der Waals surface area (Å²) in [5.41, 5.74) is 6.09. The Labute approximate surface area is 163 Å². The highest BCUT2D eigenvalue weighted by Gasteiger charge is 2.38. The highest BCUT2D eigenvalue weighted by Crippen LogP contribution is 2.41. The summed E-state index contributed by atoms with van der Waals surface area (Å²) < 4.78 is 0. The summed E-state index contributed by atoms with van der Waals surface area (Å²) in [7, 11) is 0. The van der Waals surface area contributed by atoms with E-state index in [1.165, 1.54) is 0 Å². The molecule has 0 saturated carbocycles. The van der Waals surface area contributed by atoms with E-state index in [1.807, 2.05) is 65.6 Å². The van der Waals surface area contributed by atoms with E-state index in [-0.39, 0.29) is 11.9 Å². The zero-order valence-corrected chi connectivity index (χ0v) is 15.2. The van der Waals surface area contributed by atoms with E-state index < -0.39 is 0 Å². The van der Waals surface area contributed by atoms with Gasteiger partial charge in [0.1, 0.15) is 0 Å². The van der Waals surface area contributed by atoms with Crippen molar-refractivity contribution in [2.24, 2.45) is 0 Å². The summed E-state index contributed by atoms with van der Waals surface area (Å²) in [5.74, 6) is 0.0463. The van der Waals surface area contributed by atoms with E-state index in [1.54, 1.807) is 12.4 Å². The number of hydrogen-bond donors (Lipinski definition) is 0. The molecule has 4 aromatic rings. The molecular formula is C25H18N2O. The zero-order chi connectivity index (χ0) is 18.9. The summed E-state index contributed by atoms with van der Waals surface area (Å²) >= 11 is 0. The highest BCUT2D eigenvalue weighted by molar-refractivity contribution is 6.11. The van der Waals surface area contributed by atoms with Crippen molar-refractivity contribution >= 4 is 11.6 Å². The average molecular weight is 362 g/mol. The molecule has 3 nitrogen and oxygen atoms in total. The third-order valence-electron chi connectivity index (χ3n) is 5.24. The molecule has 3 heteroatoms. The second-order valence-corrected chi connectivity index (χ2v) is 6.86. The first-order valence-corrected chi connectivity index (χ1v) is 9.31. The molecular weight excluding hydrogens is 344 g/mol. The Kier molecular flexibility index (Phi) is 3.99.